The average Bonchev–Trinajstić information content (AvgIpc) is 2.52. The van der Waals surface area contributed by atoms with Crippen LogP contribution < -0.4 is 10.5 Å². The summed E-state index contributed by atoms with van der Waals surface area (Å²) in [6.07, 6.45) is 4.57. The maximum atomic E-state index is 6.00. The van der Waals surface area contributed by atoms with Crippen molar-refractivity contribution in [2.24, 2.45) is 5.73 Å². The fraction of sp³-hybridized carbons (Fsp3) is 0.368. The molecule has 2 aromatic carbocycles. The van der Waals surface area contributed by atoms with Crippen molar-refractivity contribution in [3.63, 3.8) is 0 Å². The lowest BCUT2D eigenvalue weighted by Gasteiger charge is -2.13. The summed E-state index contributed by atoms with van der Waals surface area (Å²) in [5.41, 5.74) is 9.20. The Bertz CT molecular complexity index is 551. The van der Waals surface area contributed by atoms with Crippen LogP contribution in [0.5, 0.6) is 5.75 Å². The molecule has 0 saturated carbocycles. The Morgan fingerprint density at radius 1 is 0.810 bits per heavy atom. The van der Waals surface area contributed by atoms with Crippen molar-refractivity contribution in [3.05, 3.63) is 54.1 Å². The Hall–Kier alpha value is -1.80. The van der Waals surface area contributed by atoms with E-state index >= 15 is 0 Å². The Balaban J connectivity index is 1.99. The number of aryl methyl sites for hydroxylation is 1. The highest BCUT2D eigenvalue weighted by Crippen LogP contribution is 2.31. The number of unbranched alkanes of at least 4 members (excludes halogenated alkanes) is 3. The number of rotatable bonds is 8. The van der Waals surface area contributed by atoms with Crippen LogP contribution in [0.1, 0.15) is 31.2 Å². The Labute approximate surface area is 127 Å². The van der Waals surface area contributed by atoms with Gasteiger partial charge in [0.25, 0.3) is 0 Å². The Kier molecular flexibility index (Phi) is 6.29. The van der Waals surface area contributed by atoms with Crippen LogP contribution in [-0.2, 0) is 0 Å². The van der Waals surface area contributed by atoms with Crippen molar-refractivity contribution in [1.82, 2.24) is 0 Å². The monoisotopic (exact) mass is 283 g/mol. The molecule has 0 aliphatic heterocycles. The summed E-state index contributed by atoms with van der Waals surface area (Å²) in [5.74, 6) is 0.977. The molecule has 0 unspecified atom stereocenters. The van der Waals surface area contributed by atoms with Gasteiger partial charge in [0.1, 0.15) is 5.75 Å². The van der Waals surface area contributed by atoms with Crippen LogP contribution in [0.25, 0.3) is 11.1 Å². The molecule has 2 aromatic rings. The van der Waals surface area contributed by atoms with Crippen molar-refractivity contribution >= 4 is 0 Å². The first-order valence-electron chi connectivity index (χ1n) is 7.81. The fourth-order valence-corrected chi connectivity index (χ4v) is 2.47. The van der Waals surface area contributed by atoms with Crippen LogP contribution in [0.2, 0.25) is 0 Å². The van der Waals surface area contributed by atoms with Crippen molar-refractivity contribution in [3.8, 4) is 16.9 Å². The first-order valence-corrected chi connectivity index (χ1v) is 7.81. The topological polar surface area (TPSA) is 35.2 Å². The van der Waals surface area contributed by atoms with Gasteiger partial charge in [-0.3, -0.25) is 0 Å². The van der Waals surface area contributed by atoms with Crippen LogP contribution in [0.4, 0.5) is 0 Å². The van der Waals surface area contributed by atoms with E-state index < -0.39 is 0 Å². The zero-order valence-corrected chi connectivity index (χ0v) is 12.8. The zero-order valence-electron chi connectivity index (χ0n) is 12.8. The van der Waals surface area contributed by atoms with Gasteiger partial charge in [-0.1, -0.05) is 55.3 Å². The van der Waals surface area contributed by atoms with Crippen LogP contribution >= 0.6 is 0 Å². The number of benzene rings is 2. The fourth-order valence-electron chi connectivity index (χ4n) is 2.47. The lowest BCUT2D eigenvalue weighted by molar-refractivity contribution is 0.306. The van der Waals surface area contributed by atoms with Crippen molar-refractivity contribution < 1.29 is 4.74 Å². The SMILES string of the molecule is Cc1ccccc1-c1ccccc1OCCCCCCN. The molecule has 0 aliphatic carbocycles. The Morgan fingerprint density at radius 2 is 1.48 bits per heavy atom. The van der Waals surface area contributed by atoms with Crippen molar-refractivity contribution in [2.45, 2.75) is 32.6 Å². The molecule has 2 N–H and O–H groups in total. The van der Waals surface area contributed by atoms with Gasteiger partial charge in [-0.25, -0.2) is 0 Å². The van der Waals surface area contributed by atoms with Crippen LogP contribution in [0, 0.1) is 6.92 Å². The second kappa shape index (κ2) is 8.48. The van der Waals surface area contributed by atoms with E-state index in [-0.39, 0.29) is 0 Å². The van der Waals surface area contributed by atoms with Gasteiger partial charge in [-0.15, -0.1) is 0 Å². The molecule has 0 spiro atoms. The predicted octanol–water partition coefficient (Wildman–Crippen LogP) is 4.56. The summed E-state index contributed by atoms with van der Waals surface area (Å²) >= 11 is 0. The van der Waals surface area contributed by atoms with Crippen LogP contribution in [0.15, 0.2) is 48.5 Å². The highest BCUT2D eigenvalue weighted by molar-refractivity contribution is 5.73. The van der Waals surface area contributed by atoms with Gasteiger partial charge in [-0.05, 0) is 43.5 Å². The molecule has 112 valence electrons. The van der Waals surface area contributed by atoms with E-state index in [1.807, 2.05) is 6.07 Å². The molecule has 0 amide bonds. The average molecular weight is 283 g/mol. The number of ether oxygens (including phenoxy) is 1. The molecule has 2 heteroatoms. The van der Waals surface area contributed by atoms with E-state index in [0.29, 0.717) is 0 Å². The standard InChI is InChI=1S/C19H25NO/c1-16-10-4-5-11-17(16)18-12-6-7-13-19(18)21-15-9-3-2-8-14-20/h4-7,10-13H,2-3,8-9,14-15,20H2,1H3. The molecule has 0 radical (unpaired) electrons. The molecular weight excluding hydrogens is 258 g/mol. The third-order valence-corrected chi connectivity index (χ3v) is 3.68. The maximum absolute atomic E-state index is 6.00. The second-order valence-corrected chi connectivity index (χ2v) is 5.36. The minimum Gasteiger partial charge on any atom is -0.493 e. The van der Waals surface area contributed by atoms with E-state index in [9.17, 15) is 0 Å². The number of hydrogen-bond acceptors (Lipinski definition) is 2. The molecule has 2 nitrogen and oxygen atoms in total. The number of hydrogen-bond donors (Lipinski definition) is 1. The molecule has 0 fully saturated rings. The smallest absolute Gasteiger partial charge is 0.127 e. The minimum absolute atomic E-state index is 0.771. The first kappa shape index (κ1) is 15.6. The zero-order chi connectivity index (χ0) is 14.9. The van der Waals surface area contributed by atoms with Crippen LogP contribution in [-0.4, -0.2) is 13.2 Å². The third kappa shape index (κ3) is 4.61. The third-order valence-electron chi connectivity index (χ3n) is 3.68. The second-order valence-electron chi connectivity index (χ2n) is 5.36. The van der Waals surface area contributed by atoms with Gasteiger partial charge < -0.3 is 10.5 Å². The molecule has 2 rings (SSSR count). The largest absolute Gasteiger partial charge is 0.493 e. The number of nitrogens with two attached hydrogens (primary N) is 1. The van der Waals surface area contributed by atoms with Gasteiger partial charge in [-0.2, -0.15) is 0 Å². The van der Waals surface area contributed by atoms with Crippen LogP contribution in [0.3, 0.4) is 0 Å². The highest BCUT2D eigenvalue weighted by Gasteiger charge is 2.07. The lowest BCUT2D eigenvalue weighted by atomic mass is 10.00. The van der Waals surface area contributed by atoms with Gasteiger partial charge in [0, 0.05) is 5.56 Å². The molecular formula is C19H25NO. The van der Waals surface area contributed by atoms with Gasteiger partial charge >= 0.3 is 0 Å². The molecule has 21 heavy (non-hydrogen) atoms. The van der Waals surface area contributed by atoms with E-state index in [4.69, 9.17) is 10.5 Å². The van der Waals surface area contributed by atoms with Gasteiger partial charge in [0.05, 0.1) is 6.61 Å². The van der Waals surface area contributed by atoms with Gasteiger partial charge in [0.2, 0.25) is 0 Å². The van der Waals surface area contributed by atoms with E-state index in [1.54, 1.807) is 0 Å². The molecule has 0 atom stereocenters. The number of para-hydroxylation sites is 1. The van der Waals surface area contributed by atoms with Crippen molar-refractivity contribution in [2.75, 3.05) is 13.2 Å². The quantitative estimate of drug-likeness (QED) is 0.721. The highest BCUT2D eigenvalue weighted by atomic mass is 16.5. The molecule has 0 saturated heterocycles. The predicted molar refractivity (Wildman–Crippen MR) is 89.6 cm³/mol. The van der Waals surface area contributed by atoms with Crippen molar-refractivity contribution in [1.29, 1.82) is 0 Å². The normalized spacial score (nSPS) is 10.6. The van der Waals surface area contributed by atoms with Gasteiger partial charge in [0.15, 0.2) is 0 Å². The maximum Gasteiger partial charge on any atom is 0.127 e. The summed E-state index contributed by atoms with van der Waals surface area (Å²) in [6.45, 7) is 3.70. The Morgan fingerprint density at radius 3 is 2.24 bits per heavy atom. The molecule has 0 aliphatic rings. The summed E-state index contributed by atoms with van der Waals surface area (Å²) < 4.78 is 6.00. The minimum atomic E-state index is 0.771. The van der Waals surface area contributed by atoms with E-state index in [1.165, 1.54) is 29.5 Å². The summed E-state index contributed by atoms with van der Waals surface area (Å²) in [4.78, 5) is 0. The molecule has 0 heterocycles. The summed E-state index contributed by atoms with van der Waals surface area (Å²) in [6, 6.07) is 16.7. The van der Waals surface area contributed by atoms with E-state index in [2.05, 4.69) is 49.4 Å². The molecule has 0 aromatic heterocycles. The summed E-state index contributed by atoms with van der Waals surface area (Å²) in [7, 11) is 0. The van der Waals surface area contributed by atoms with E-state index in [0.717, 1.165) is 31.7 Å². The summed E-state index contributed by atoms with van der Waals surface area (Å²) in [5, 5.41) is 0. The molecule has 0 bridgehead atoms. The first-order chi connectivity index (χ1) is 10.3. The lowest BCUT2D eigenvalue weighted by Crippen LogP contribution is -2.01.